The highest BCUT2D eigenvalue weighted by molar-refractivity contribution is 6.42. The SMILES string of the molecule is CCCCC(Cc1ccc(Cl)c(Cl)c1)NC. The predicted octanol–water partition coefficient (Wildman–Crippen LogP) is 4.31. The minimum Gasteiger partial charge on any atom is -0.317 e. The number of benzene rings is 1. The van der Waals surface area contributed by atoms with Crippen LogP contribution in [0.2, 0.25) is 10.0 Å². The Bertz CT molecular complexity index is 326. The van der Waals surface area contributed by atoms with Gasteiger partial charge in [-0.05, 0) is 37.6 Å². The van der Waals surface area contributed by atoms with E-state index in [0.29, 0.717) is 16.1 Å². The maximum Gasteiger partial charge on any atom is 0.0595 e. The van der Waals surface area contributed by atoms with Gasteiger partial charge >= 0.3 is 0 Å². The Kier molecular flexibility index (Phi) is 6.18. The van der Waals surface area contributed by atoms with Crippen molar-refractivity contribution in [1.29, 1.82) is 0 Å². The zero-order chi connectivity index (χ0) is 12.0. The molecule has 1 rings (SSSR count). The summed E-state index contributed by atoms with van der Waals surface area (Å²) in [6.07, 6.45) is 4.70. The van der Waals surface area contributed by atoms with Crippen molar-refractivity contribution in [2.75, 3.05) is 7.05 Å². The summed E-state index contributed by atoms with van der Waals surface area (Å²) in [5.74, 6) is 0. The van der Waals surface area contributed by atoms with Gasteiger partial charge < -0.3 is 5.32 Å². The topological polar surface area (TPSA) is 12.0 Å². The van der Waals surface area contributed by atoms with Crippen LogP contribution in [0.1, 0.15) is 31.7 Å². The fourth-order valence-electron chi connectivity index (χ4n) is 1.75. The molecule has 0 aromatic heterocycles. The van der Waals surface area contributed by atoms with Crippen molar-refractivity contribution in [3.8, 4) is 0 Å². The largest absolute Gasteiger partial charge is 0.317 e. The molecule has 1 unspecified atom stereocenters. The fourth-order valence-corrected chi connectivity index (χ4v) is 2.07. The van der Waals surface area contributed by atoms with Gasteiger partial charge in [0.05, 0.1) is 10.0 Å². The first-order valence-electron chi connectivity index (χ1n) is 5.78. The number of likely N-dealkylation sites (N-methyl/N-ethyl adjacent to an activating group) is 1. The van der Waals surface area contributed by atoms with Crippen LogP contribution >= 0.6 is 23.2 Å². The van der Waals surface area contributed by atoms with Gasteiger partial charge in [-0.15, -0.1) is 0 Å². The van der Waals surface area contributed by atoms with Crippen LogP contribution in [-0.2, 0) is 6.42 Å². The van der Waals surface area contributed by atoms with Crippen molar-refractivity contribution in [3.63, 3.8) is 0 Å². The van der Waals surface area contributed by atoms with Crippen LogP contribution in [-0.4, -0.2) is 13.1 Å². The average Bonchev–Trinajstić information content (AvgIpc) is 2.29. The molecular formula is C13H19Cl2N. The second-order valence-corrected chi connectivity index (χ2v) is 4.89. The van der Waals surface area contributed by atoms with E-state index < -0.39 is 0 Å². The second-order valence-electron chi connectivity index (χ2n) is 4.08. The fraction of sp³-hybridized carbons (Fsp3) is 0.538. The molecule has 0 radical (unpaired) electrons. The minimum absolute atomic E-state index is 0.525. The predicted molar refractivity (Wildman–Crippen MR) is 72.5 cm³/mol. The summed E-state index contributed by atoms with van der Waals surface area (Å²) in [4.78, 5) is 0. The molecule has 1 aromatic carbocycles. The molecule has 0 saturated heterocycles. The molecule has 1 atom stereocenters. The van der Waals surface area contributed by atoms with Gasteiger partial charge in [-0.1, -0.05) is 49.0 Å². The summed E-state index contributed by atoms with van der Waals surface area (Å²) >= 11 is 11.9. The molecule has 1 N–H and O–H groups in total. The van der Waals surface area contributed by atoms with Crippen LogP contribution in [0.15, 0.2) is 18.2 Å². The molecule has 0 saturated carbocycles. The maximum absolute atomic E-state index is 5.99. The molecule has 1 aromatic rings. The Morgan fingerprint density at radius 2 is 2.00 bits per heavy atom. The monoisotopic (exact) mass is 259 g/mol. The third kappa shape index (κ3) is 4.32. The molecule has 0 amide bonds. The summed E-state index contributed by atoms with van der Waals surface area (Å²) in [7, 11) is 2.01. The summed E-state index contributed by atoms with van der Waals surface area (Å²) < 4.78 is 0. The number of rotatable bonds is 6. The summed E-state index contributed by atoms with van der Waals surface area (Å²) in [5.41, 5.74) is 1.24. The van der Waals surface area contributed by atoms with E-state index in [-0.39, 0.29) is 0 Å². The van der Waals surface area contributed by atoms with Crippen LogP contribution in [0.3, 0.4) is 0 Å². The number of nitrogens with one attached hydrogen (secondary N) is 1. The zero-order valence-corrected chi connectivity index (χ0v) is 11.4. The van der Waals surface area contributed by atoms with E-state index in [1.807, 2.05) is 25.2 Å². The molecule has 0 bridgehead atoms. The van der Waals surface area contributed by atoms with Crippen molar-refractivity contribution in [1.82, 2.24) is 5.32 Å². The number of hydrogen-bond acceptors (Lipinski definition) is 1. The summed E-state index contributed by atoms with van der Waals surface area (Å²) in [6, 6.07) is 6.40. The van der Waals surface area contributed by atoms with Crippen LogP contribution in [0.4, 0.5) is 0 Å². The summed E-state index contributed by atoms with van der Waals surface area (Å²) in [5, 5.41) is 4.61. The van der Waals surface area contributed by atoms with E-state index in [1.54, 1.807) is 0 Å². The standard InChI is InChI=1S/C13H19Cl2N/c1-3-4-5-11(16-2)8-10-6-7-12(14)13(15)9-10/h6-7,9,11,16H,3-5,8H2,1-2H3. The minimum atomic E-state index is 0.525. The van der Waals surface area contributed by atoms with Crippen molar-refractivity contribution < 1.29 is 0 Å². The lowest BCUT2D eigenvalue weighted by molar-refractivity contribution is 0.498. The molecule has 1 nitrogen and oxygen atoms in total. The lowest BCUT2D eigenvalue weighted by Gasteiger charge is -2.16. The molecule has 0 aliphatic carbocycles. The quantitative estimate of drug-likeness (QED) is 0.803. The lowest BCUT2D eigenvalue weighted by atomic mass is 10.0. The molecule has 0 spiro atoms. The van der Waals surface area contributed by atoms with Gasteiger partial charge in [0.15, 0.2) is 0 Å². The van der Waals surface area contributed by atoms with Gasteiger partial charge in [-0.25, -0.2) is 0 Å². The van der Waals surface area contributed by atoms with Gasteiger partial charge in [0.25, 0.3) is 0 Å². The molecule has 90 valence electrons. The van der Waals surface area contributed by atoms with E-state index in [2.05, 4.69) is 12.2 Å². The Morgan fingerprint density at radius 1 is 1.25 bits per heavy atom. The average molecular weight is 260 g/mol. The van der Waals surface area contributed by atoms with E-state index in [0.717, 1.165) is 6.42 Å². The van der Waals surface area contributed by atoms with Crippen molar-refractivity contribution in [2.24, 2.45) is 0 Å². The zero-order valence-electron chi connectivity index (χ0n) is 9.89. The Balaban J connectivity index is 2.59. The first-order valence-corrected chi connectivity index (χ1v) is 6.54. The number of halogens is 2. The normalized spacial score (nSPS) is 12.8. The first kappa shape index (κ1) is 13.8. The molecule has 0 aliphatic heterocycles. The second kappa shape index (κ2) is 7.16. The third-order valence-corrected chi connectivity index (χ3v) is 3.52. The highest BCUT2D eigenvalue weighted by atomic mass is 35.5. The molecular weight excluding hydrogens is 241 g/mol. The van der Waals surface area contributed by atoms with Crippen LogP contribution in [0.25, 0.3) is 0 Å². The van der Waals surface area contributed by atoms with Crippen LogP contribution in [0, 0.1) is 0 Å². The van der Waals surface area contributed by atoms with Gasteiger partial charge in [-0.3, -0.25) is 0 Å². The Labute approximate surface area is 108 Å². The smallest absolute Gasteiger partial charge is 0.0595 e. The molecule has 0 aliphatic rings. The molecule has 3 heteroatoms. The van der Waals surface area contributed by atoms with Crippen molar-refractivity contribution in [3.05, 3.63) is 33.8 Å². The van der Waals surface area contributed by atoms with E-state index in [9.17, 15) is 0 Å². The maximum atomic E-state index is 5.99. The third-order valence-electron chi connectivity index (χ3n) is 2.78. The number of unbranched alkanes of at least 4 members (excludes halogenated alkanes) is 1. The molecule has 0 heterocycles. The van der Waals surface area contributed by atoms with Gasteiger partial charge in [0.1, 0.15) is 0 Å². The van der Waals surface area contributed by atoms with Gasteiger partial charge in [0, 0.05) is 6.04 Å². The summed E-state index contributed by atoms with van der Waals surface area (Å²) in [6.45, 7) is 2.21. The van der Waals surface area contributed by atoms with Gasteiger partial charge in [0.2, 0.25) is 0 Å². The van der Waals surface area contributed by atoms with E-state index in [1.165, 1.54) is 24.8 Å². The van der Waals surface area contributed by atoms with E-state index >= 15 is 0 Å². The number of hydrogen-bond donors (Lipinski definition) is 1. The first-order chi connectivity index (χ1) is 7.67. The Hall–Kier alpha value is -0.240. The van der Waals surface area contributed by atoms with Crippen molar-refractivity contribution >= 4 is 23.2 Å². The lowest BCUT2D eigenvalue weighted by Crippen LogP contribution is -2.27. The highest BCUT2D eigenvalue weighted by Crippen LogP contribution is 2.23. The van der Waals surface area contributed by atoms with Gasteiger partial charge in [-0.2, -0.15) is 0 Å². The van der Waals surface area contributed by atoms with Crippen LogP contribution in [0.5, 0.6) is 0 Å². The van der Waals surface area contributed by atoms with E-state index in [4.69, 9.17) is 23.2 Å². The molecule has 0 fully saturated rings. The highest BCUT2D eigenvalue weighted by Gasteiger charge is 2.07. The van der Waals surface area contributed by atoms with Crippen LogP contribution < -0.4 is 5.32 Å². The molecule has 16 heavy (non-hydrogen) atoms. The van der Waals surface area contributed by atoms with Crippen molar-refractivity contribution in [2.45, 2.75) is 38.6 Å². The Morgan fingerprint density at radius 3 is 2.56 bits per heavy atom.